The van der Waals surface area contributed by atoms with Crippen molar-refractivity contribution in [3.63, 3.8) is 0 Å². The number of unbranched alkanes of at least 4 members (excludes halogenated alkanes) is 2. The predicted octanol–water partition coefficient (Wildman–Crippen LogP) is 3.56. The molecule has 2 aromatic rings. The van der Waals surface area contributed by atoms with Crippen molar-refractivity contribution in [1.29, 1.82) is 0 Å². The second-order valence-electron chi connectivity index (χ2n) is 4.64. The molecule has 0 saturated heterocycles. The van der Waals surface area contributed by atoms with Gasteiger partial charge in [-0.1, -0.05) is 25.8 Å². The smallest absolute Gasteiger partial charge is 0.132 e. The topological polar surface area (TPSA) is 17.0 Å². The summed E-state index contributed by atoms with van der Waals surface area (Å²) in [7, 11) is 0. The molecule has 2 rings (SSSR count). The van der Waals surface area contributed by atoms with Crippen molar-refractivity contribution in [2.24, 2.45) is 0 Å². The Hall–Kier alpha value is -1.35. The molecule has 0 aliphatic carbocycles. The Labute approximate surface area is 108 Å². The molecule has 0 aliphatic rings. The van der Waals surface area contributed by atoms with E-state index in [-0.39, 0.29) is 5.82 Å². The minimum Gasteiger partial charge on any atom is -0.346 e. The van der Waals surface area contributed by atoms with Crippen LogP contribution in [0.4, 0.5) is 4.39 Å². The highest BCUT2D eigenvalue weighted by atomic mass is 19.1. The maximum absolute atomic E-state index is 13.5. The number of hydrogen-bond acceptors (Lipinski definition) is 1. The lowest BCUT2D eigenvalue weighted by molar-refractivity contribution is 0.576. The molecule has 1 aromatic heterocycles. The summed E-state index contributed by atoms with van der Waals surface area (Å²) in [5.41, 5.74) is 0.977. The van der Waals surface area contributed by atoms with E-state index in [1.807, 2.05) is 18.3 Å². The van der Waals surface area contributed by atoms with Crippen molar-refractivity contribution in [2.45, 2.75) is 32.7 Å². The summed E-state index contributed by atoms with van der Waals surface area (Å²) in [6.07, 6.45) is 5.73. The summed E-state index contributed by atoms with van der Waals surface area (Å²) in [5.74, 6) is -0.137. The van der Waals surface area contributed by atoms with Crippen LogP contribution in [-0.4, -0.2) is 17.7 Å². The molecule has 0 unspecified atom stereocenters. The molecular formula is C15H21FN2. The molecule has 0 saturated carbocycles. The van der Waals surface area contributed by atoms with Crippen LogP contribution in [0.3, 0.4) is 0 Å². The second-order valence-corrected chi connectivity index (χ2v) is 4.64. The molecule has 1 aromatic carbocycles. The zero-order valence-corrected chi connectivity index (χ0v) is 11.0. The summed E-state index contributed by atoms with van der Waals surface area (Å²) in [6.45, 7) is 5.10. The van der Waals surface area contributed by atoms with Crippen LogP contribution in [0, 0.1) is 5.82 Å². The van der Waals surface area contributed by atoms with Crippen LogP contribution in [0.15, 0.2) is 30.5 Å². The van der Waals surface area contributed by atoms with Crippen LogP contribution < -0.4 is 5.32 Å². The summed E-state index contributed by atoms with van der Waals surface area (Å²) in [5, 5.41) is 4.13. The molecule has 0 amide bonds. The largest absolute Gasteiger partial charge is 0.346 e. The van der Waals surface area contributed by atoms with E-state index in [9.17, 15) is 4.39 Å². The molecule has 18 heavy (non-hydrogen) atoms. The number of hydrogen-bond donors (Lipinski definition) is 1. The fraction of sp³-hybridized carbons (Fsp3) is 0.467. The van der Waals surface area contributed by atoms with Crippen molar-refractivity contribution >= 4 is 10.9 Å². The molecular weight excluding hydrogens is 227 g/mol. The molecule has 1 N–H and O–H groups in total. The summed E-state index contributed by atoms with van der Waals surface area (Å²) in [4.78, 5) is 0. The van der Waals surface area contributed by atoms with E-state index in [0.717, 1.165) is 25.2 Å². The Morgan fingerprint density at radius 3 is 2.89 bits per heavy atom. The Bertz CT molecular complexity index is 490. The summed E-state index contributed by atoms with van der Waals surface area (Å²) < 4.78 is 15.6. The van der Waals surface area contributed by atoms with Crippen LogP contribution in [0.2, 0.25) is 0 Å². The molecule has 0 radical (unpaired) electrons. The maximum Gasteiger partial charge on any atom is 0.132 e. The highest BCUT2D eigenvalue weighted by Gasteiger charge is 2.04. The molecule has 3 heteroatoms. The maximum atomic E-state index is 13.5. The van der Waals surface area contributed by atoms with Gasteiger partial charge < -0.3 is 9.88 Å². The zero-order valence-electron chi connectivity index (χ0n) is 11.0. The molecule has 2 nitrogen and oxygen atoms in total. The third-order valence-corrected chi connectivity index (χ3v) is 3.25. The highest BCUT2D eigenvalue weighted by Crippen LogP contribution is 2.18. The Balaban J connectivity index is 1.86. The van der Waals surface area contributed by atoms with Gasteiger partial charge in [0.1, 0.15) is 5.82 Å². The fourth-order valence-electron chi connectivity index (χ4n) is 2.21. The second kappa shape index (κ2) is 6.55. The Morgan fingerprint density at radius 2 is 2.06 bits per heavy atom. The van der Waals surface area contributed by atoms with Gasteiger partial charge in [-0.05, 0) is 31.2 Å². The van der Waals surface area contributed by atoms with Crippen molar-refractivity contribution in [2.75, 3.05) is 13.1 Å². The van der Waals surface area contributed by atoms with Gasteiger partial charge in [0.05, 0.1) is 5.52 Å². The number of halogens is 1. The van der Waals surface area contributed by atoms with E-state index >= 15 is 0 Å². The third kappa shape index (κ3) is 3.10. The van der Waals surface area contributed by atoms with Gasteiger partial charge in [-0.15, -0.1) is 0 Å². The van der Waals surface area contributed by atoms with Crippen LogP contribution >= 0.6 is 0 Å². The molecule has 0 aliphatic heterocycles. The average Bonchev–Trinajstić information content (AvgIpc) is 2.79. The molecule has 0 fully saturated rings. The van der Waals surface area contributed by atoms with Gasteiger partial charge >= 0.3 is 0 Å². The summed E-state index contributed by atoms with van der Waals surface area (Å²) >= 11 is 0. The lowest BCUT2D eigenvalue weighted by Gasteiger charge is -2.07. The van der Waals surface area contributed by atoms with E-state index < -0.39 is 0 Å². The average molecular weight is 248 g/mol. The standard InChI is InChI=1S/C15H21FN2/c1-2-3-4-9-17-10-12-18-11-8-13-14(16)6-5-7-15(13)18/h5-8,11,17H,2-4,9-10,12H2,1H3. The first-order valence-corrected chi connectivity index (χ1v) is 6.77. The van der Waals surface area contributed by atoms with E-state index in [0.29, 0.717) is 5.39 Å². The van der Waals surface area contributed by atoms with Gasteiger partial charge in [0, 0.05) is 24.7 Å². The first-order chi connectivity index (χ1) is 8.83. The van der Waals surface area contributed by atoms with E-state index in [1.165, 1.54) is 25.3 Å². The van der Waals surface area contributed by atoms with Crippen LogP contribution in [0.25, 0.3) is 10.9 Å². The normalized spacial score (nSPS) is 11.2. The molecule has 0 spiro atoms. The molecule has 0 atom stereocenters. The number of nitrogens with zero attached hydrogens (tertiary/aromatic N) is 1. The van der Waals surface area contributed by atoms with Crippen molar-refractivity contribution in [3.05, 3.63) is 36.3 Å². The minimum absolute atomic E-state index is 0.137. The number of fused-ring (bicyclic) bond motifs is 1. The number of rotatable bonds is 7. The molecule has 98 valence electrons. The van der Waals surface area contributed by atoms with Gasteiger partial charge in [-0.2, -0.15) is 0 Å². The van der Waals surface area contributed by atoms with E-state index in [2.05, 4.69) is 16.8 Å². The fourth-order valence-corrected chi connectivity index (χ4v) is 2.21. The summed E-state index contributed by atoms with van der Waals surface area (Å²) in [6, 6.07) is 7.09. The number of aromatic nitrogens is 1. The quantitative estimate of drug-likeness (QED) is 0.741. The van der Waals surface area contributed by atoms with E-state index in [1.54, 1.807) is 6.07 Å². The SMILES string of the molecule is CCCCCNCCn1ccc2c(F)cccc21. The number of nitrogens with one attached hydrogen (secondary N) is 1. The predicted molar refractivity (Wildman–Crippen MR) is 74.3 cm³/mol. The van der Waals surface area contributed by atoms with Gasteiger partial charge in [0.25, 0.3) is 0 Å². The minimum atomic E-state index is -0.137. The molecule has 0 bridgehead atoms. The Kier molecular flexibility index (Phi) is 4.76. The van der Waals surface area contributed by atoms with Crippen molar-refractivity contribution < 1.29 is 4.39 Å². The zero-order chi connectivity index (χ0) is 12.8. The van der Waals surface area contributed by atoms with Gasteiger partial charge in [0.2, 0.25) is 0 Å². The first kappa shape index (κ1) is 13.1. The molecule has 1 heterocycles. The van der Waals surface area contributed by atoms with Gasteiger partial charge in [-0.25, -0.2) is 4.39 Å². The van der Waals surface area contributed by atoms with E-state index in [4.69, 9.17) is 0 Å². The van der Waals surface area contributed by atoms with Gasteiger partial charge in [-0.3, -0.25) is 0 Å². The number of benzene rings is 1. The van der Waals surface area contributed by atoms with Crippen molar-refractivity contribution in [3.8, 4) is 0 Å². The first-order valence-electron chi connectivity index (χ1n) is 6.77. The lowest BCUT2D eigenvalue weighted by atomic mass is 10.2. The van der Waals surface area contributed by atoms with Crippen LogP contribution in [0.5, 0.6) is 0 Å². The highest BCUT2D eigenvalue weighted by molar-refractivity contribution is 5.80. The van der Waals surface area contributed by atoms with Crippen LogP contribution in [0.1, 0.15) is 26.2 Å². The third-order valence-electron chi connectivity index (χ3n) is 3.25. The van der Waals surface area contributed by atoms with Crippen molar-refractivity contribution in [1.82, 2.24) is 9.88 Å². The Morgan fingerprint density at radius 1 is 1.17 bits per heavy atom. The lowest BCUT2D eigenvalue weighted by Crippen LogP contribution is -2.20. The monoisotopic (exact) mass is 248 g/mol. The van der Waals surface area contributed by atoms with Crippen LogP contribution in [-0.2, 0) is 6.54 Å². The van der Waals surface area contributed by atoms with Gasteiger partial charge in [0.15, 0.2) is 0 Å².